The van der Waals surface area contributed by atoms with Crippen LogP contribution in [0.2, 0.25) is 0 Å². The SMILES string of the molecule is COc1ncnc(C(F)(F)F)c1-c1ccc2c(c1)C1(CCCC1)CN2C(=O)NCc1ccc([S+](C)[O-])cc1. The Kier molecular flexibility index (Phi) is 6.99. The van der Waals surface area contributed by atoms with Crippen molar-refractivity contribution in [1.82, 2.24) is 15.3 Å². The van der Waals surface area contributed by atoms with E-state index in [2.05, 4.69) is 15.3 Å². The first-order chi connectivity index (χ1) is 18.1. The van der Waals surface area contributed by atoms with Crippen LogP contribution in [-0.2, 0) is 29.3 Å². The Morgan fingerprint density at radius 1 is 1.16 bits per heavy atom. The molecule has 7 nitrogen and oxygen atoms in total. The molecule has 0 bridgehead atoms. The molecule has 1 N–H and O–H groups in total. The van der Waals surface area contributed by atoms with Crippen LogP contribution < -0.4 is 15.0 Å². The third kappa shape index (κ3) is 4.80. The zero-order chi connectivity index (χ0) is 27.1. The summed E-state index contributed by atoms with van der Waals surface area (Å²) in [6, 6.07) is 11.9. The molecule has 0 saturated heterocycles. The van der Waals surface area contributed by atoms with Crippen LogP contribution in [0, 0.1) is 0 Å². The molecule has 1 spiro atoms. The third-order valence-electron chi connectivity index (χ3n) is 7.39. The van der Waals surface area contributed by atoms with Gasteiger partial charge in [-0.2, -0.15) is 13.2 Å². The van der Waals surface area contributed by atoms with Gasteiger partial charge < -0.3 is 14.6 Å². The zero-order valence-corrected chi connectivity index (χ0v) is 21.8. The number of fused-ring (bicyclic) bond motifs is 2. The number of anilines is 1. The van der Waals surface area contributed by atoms with Crippen molar-refractivity contribution in [3.05, 3.63) is 65.6 Å². The van der Waals surface area contributed by atoms with Crippen LogP contribution in [-0.4, -0.2) is 40.5 Å². The molecule has 2 aromatic carbocycles. The van der Waals surface area contributed by atoms with Crippen LogP contribution in [0.5, 0.6) is 5.88 Å². The summed E-state index contributed by atoms with van der Waals surface area (Å²) >= 11 is -1.08. The molecule has 1 fully saturated rings. The molecule has 1 atom stereocenters. The Bertz CT molecular complexity index is 1340. The quantitative estimate of drug-likeness (QED) is 0.432. The number of aromatic nitrogens is 2. The molecule has 2 aliphatic rings. The van der Waals surface area contributed by atoms with E-state index < -0.39 is 23.0 Å². The lowest BCUT2D eigenvalue weighted by atomic mass is 9.80. The first-order valence-corrected chi connectivity index (χ1v) is 13.8. The summed E-state index contributed by atoms with van der Waals surface area (Å²) in [6.45, 7) is 0.750. The summed E-state index contributed by atoms with van der Waals surface area (Å²) in [5, 5.41) is 2.95. The number of ether oxygens (including phenoxy) is 1. The Labute approximate surface area is 221 Å². The smallest absolute Gasteiger partial charge is 0.434 e. The van der Waals surface area contributed by atoms with E-state index in [0.717, 1.165) is 43.1 Å². The number of nitrogens with one attached hydrogen (secondary N) is 1. The largest absolute Gasteiger partial charge is 0.612 e. The number of hydrogen-bond donors (Lipinski definition) is 1. The van der Waals surface area contributed by atoms with Gasteiger partial charge in [0.05, 0.1) is 12.7 Å². The average Bonchev–Trinajstić information content (AvgIpc) is 3.51. The van der Waals surface area contributed by atoms with E-state index in [4.69, 9.17) is 4.74 Å². The van der Waals surface area contributed by atoms with Crippen LogP contribution >= 0.6 is 0 Å². The van der Waals surface area contributed by atoms with Crippen molar-refractivity contribution in [1.29, 1.82) is 0 Å². The van der Waals surface area contributed by atoms with E-state index in [9.17, 15) is 22.5 Å². The maximum atomic E-state index is 13.9. The van der Waals surface area contributed by atoms with Gasteiger partial charge in [-0.1, -0.05) is 31.0 Å². The normalized spacial score (nSPS) is 16.9. The summed E-state index contributed by atoms with van der Waals surface area (Å²) in [5.74, 6) is -0.154. The van der Waals surface area contributed by atoms with Crippen molar-refractivity contribution < 1.29 is 27.3 Å². The van der Waals surface area contributed by atoms with Gasteiger partial charge in [0.25, 0.3) is 0 Å². The fourth-order valence-electron chi connectivity index (χ4n) is 5.56. The molecule has 200 valence electrons. The summed E-state index contributed by atoms with van der Waals surface area (Å²) in [5.41, 5.74) is 1.12. The first-order valence-electron chi connectivity index (χ1n) is 12.2. The van der Waals surface area contributed by atoms with Gasteiger partial charge in [-0.15, -0.1) is 0 Å². The van der Waals surface area contributed by atoms with Gasteiger partial charge in [0.1, 0.15) is 12.6 Å². The van der Waals surface area contributed by atoms with Gasteiger partial charge in [-0.25, -0.2) is 14.8 Å². The number of halogens is 3. The predicted molar refractivity (Wildman–Crippen MR) is 138 cm³/mol. The molecule has 1 aliphatic carbocycles. The lowest BCUT2D eigenvalue weighted by molar-refractivity contribution is -0.140. The third-order valence-corrected chi connectivity index (χ3v) is 8.32. The number of urea groups is 1. The van der Waals surface area contributed by atoms with Gasteiger partial charge in [0.15, 0.2) is 10.6 Å². The van der Waals surface area contributed by atoms with Gasteiger partial charge in [-0.05, 0) is 65.0 Å². The van der Waals surface area contributed by atoms with Crippen molar-refractivity contribution in [2.45, 2.75) is 48.7 Å². The number of methoxy groups -OCH3 is 1. The monoisotopic (exact) mass is 544 g/mol. The zero-order valence-electron chi connectivity index (χ0n) is 21.0. The lowest BCUT2D eigenvalue weighted by Crippen LogP contribution is -2.41. The molecule has 11 heteroatoms. The molecule has 1 unspecified atom stereocenters. The number of nitrogens with zero attached hydrogens (tertiary/aromatic N) is 3. The van der Waals surface area contributed by atoms with Crippen LogP contribution in [0.1, 0.15) is 42.5 Å². The Morgan fingerprint density at radius 3 is 2.50 bits per heavy atom. The molecular formula is C27H27F3N4O3S. The maximum Gasteiger partial charge on any atom is 0.434 e. The fourth-order valence-corrected chi connectivity index (χ4v) is 6.08. The number of amides is 2. The van der Waals surface area contributed by atoms with E-state index in [1.54, 1.807) is 41.5 Å². The summed E-state index contributed by atoms with van der Waals surface area (Å²) in [7, 11) is 1.28. The Balaban J connectivity index is 1.47. The van der Waals surface area contributed by atoms with E-state index in [1.165, 1.54) is 7.11 Å². The summed E-state index contributed by atoms with van der Waals surface area (Å²) < 4.78 is 58.4. The lowest BCUT2D eigenvalue weighted by Gasteiger charge is -2.25. The van der Waals surface area contributed by atoms with Gasteiger partial charge in [0.2, 0.25) is 5.88 Å². The van der Waals surface area contributed by atoms with E-state index in [0.29, 0.717) is 29.2 Å². The van der Waals surface area contributed by atoms with Crippen molar-refractivity contribution in [3.63, 3.8) is 0 Å². The van der Waals surface area contributed by atoms with Crippen LogP contribution in [0.3, 0.4) is 0 Å². The molecule has 5 rings (SSSR count). The first kappa shape index (κ1) is 26.3. The molecule has 1 aromatic heterocycles. The average molecular weight is 545 g/mol. The molecular weight excluding hydrogens is 517 g/mol. The minimum atomic E-state index is -4.69. The number of benzene rings is 2. The molecule has 3 aromatic rings. The molecule has 2 heterocycles. The number of hydrogen-bond acceptors (Lipinski definition) is 5. The highest BCUT2D eigenvalue weighted by molar-refractivity contribution is 7.90. The van der Waals surface area contributed by atoms with Crippen molar-refractivity contribution >= 4 is 22.9 Å². The van der Waals surface area contributed by atoms with E-state index in [-0.39, 0.29) is 22.9 Å². The van der Waals surface area contributed by atoms with Crippen LogP contribution in [0.25, 0.3) is 11.1 Å². The maximum absolute atomic E-state index is 13.9. The minimum absolute atomic E-state index is 0.154. The predicted octanol–water partition coefficient (Wildman–Crippen LogP) is 5.45. The van der Waals surface area contributed by atoms with Gasteiger partial charge in [-0.3, -0.25) is 4.90 Å². The summed E-state index contributed by atoms with van der Waals surface area (Å²) in [6.07, 6.45) is 1.42. The standard InChI is InChI=1S/C27H27F3N4O3S/c1-37-24-22(23(27(28,29)30)32-16-33-24)18-7-10-21-20(13-18)26(11-3-4-12-26)15-34(21)25(35)31-14-17-5-8-19(9-6-17)38(2)36/h5-10,13,16H,3-4,11-12,14-15H2,1-2H3,(H,31,35). The molecule has 38 heavy (non-hydrogen) atoms. The van der Waals surface area contributed by atoms with Gasteiger partial charge >= 0.3 is 12.2 Å². The van der Waals surface area contributed by atoms with Gasteiger partial charge in [0, 0.05) is 24.2 Å². The molecule has 1 aliphatic heterocycles. The van der Waals surface area contributed by atoms with Crippen molar-refractivity contribution in [3.8, 4) is 17.0 Å². The Morgan fingerprint density at radius 2 is 1.87 bits per heavy atom. The number of alkyl halides is 3. The van der Waals surface area contributed by atoms with Crippen molar-refractivity contribution in [2.75, 3.05) is 24.8 Å². The highest BCUT2D eigenvalue weighted by atomic mass is 32.2. The van der Waals surface area contributed by atoms with E-state index in [1.807, 2.05) is 12.1 Å². The number of carbonyl (C=O) groups is 1. The van der Waals surface area contributed by atoms with Crippen LogP contribution in [0.15, 0.2) is 53.7 Å². The highest BCUT2D eigenvalue weighted by Gasteiger charge is 2.47. The fraction of sp³-hybridized carbons (Fsp3) is 0.370. The van der Waals surface area contributed by atoms with Crippen LogP contribution in [0.4, 0.5) is 23.7 Å². The second-order valence-electron chi connectivity index (χ2n) is 9.67. The molecule has 2 amide bonds. The molecule has 1 saturated carbocycles. The number of rotatable bonds is 5. The van der Waals surface area contributed by atoms with Crippen molar-refractivity contribution in [2.24, 2.45) is 0 Å². The second-order valence-corrected chi connectivity index (χ2v) is 11.0. The molecule has 0 radical (unpaired) electrons. The minimum Gasteiger partial charge on any atom is -0.612 e. The second kappa shape index (κ2) is 10.1. The Hall–Kier alpha value is -3.31. The highest BCUT2D eigenvalue weighted by Crippen LogP contribution is 2.52. The number of carbonyl (C=O) groups excluding carboxylic acids is 1. The summed E-state index contributed by atoms with van der Waals surface area (Å²) in [4.78, 5) is 23.1. The topological polar surface area (TPSA) is 90.4 Å². The van der Waals surface area contributed by atoms with E-state index >= 15 is 0 Å².